The maximum atomic E-state index is 12.6. The van der Waals surface area contributed by atoms with E-state index in [1.807, 2.05) is 13.0 Å². The number of aryl methyl sites for hydroxylation is 1. The topological polar surface area (TPSA) is 49.4 Å². The van der Waals surface area contributed by atoms with Crippen molar-refractivity contribution in [1.82, 2.24) is 0 Å². The average Bonchev–Trinajstić information content (AvgIpc) is 2.95. The molecule has 0 bridgehead atoms. The predicted octanol–water partition coefficient (Wildman–Crippen LogP) is 5.06. The van der Waals surface area contributed by atoms with Gasteiger partial charge in [-0.05, 0) is 64.8 Å². The van der Waals surface area contributed by atoms with E-state index in [1.54, 1.807) is 35.2 Å². The number of benzene rings is 2. The summed E-state index contributed by atoms with van der Waals surface area (Å²) in [6.45, 7) is 2.23. The van der Waals surface area contributed by atoms with Crippen molar-refractivity contribution in [3.05, 3.63) is 56.5 Å². The molecule has 4 nitrogen and oxygen atoms in total. The van der Waals surface area contributed by atoms with Crippen molar-refractivity contribution in [2.24, 2.45) is 5.92 Å². The van der Waals surface area contributed by atoms with E-state index in [0.717, 1.165) is 15.7 Å². The molecule has 1 saturated heterocycles. The second kappa shape index (κ2) is 7.36. The van der Waals surface area contributed by atoms with Gasteiger partial charge in [-0.1, -0.05) is 23.2 Å². The van der Waals surface area contributed by atoms with Gasteiger partial charge in [0, 0.05) is 33.8 Å². The molecule has 7 heteroatoms. The van der Waals surface area contributed by atoms with Crippen LogP contribution in [0.25, 0.3) is 0 Å². The lowest BCUT2D eigenvalue weighted by Crippen LogP contribution is -2.28. The van der Waals surface area contributed by atoms with Crippen LogP contribution in [0.5, 0.6) is 0 Å². The van der Waals surface area contributed by atoms with Gasteiger partial charge in [0.15, 0.2) is 0 Å². The number of rotatable bonds is 3. The summed E-state index contributed by atoms with van der Waals surface area (Å²) in [6.07, 6.45) is 0.178. The van der Waals surface area contributed by atoms with Crippen LogP contribution in [0.1, 0.15) is 12.0 Å². The first-order valence-electron chi connectivity index (χ1n) is 7.67. The van der Waals surface area contributed by atoms with E-state index in [0.29, 0.717) is 22.3 Å². The Hall–Kier alpha value is -1.56. The highest BCUT2D eigenvalue weighted by atomic mass is 79.9. The number of carbonyl (C=O) groups excluding carboxylic acids is 2. The molecule has 1 fully saturated rings. The van der Waals surface area contributed by atoms with Crippen LogP contribution < -0.4 is 10.2 Å². The number of carbonyl (C=O) groups is 2. The molecule has 0 aromatic heterocycles. The maximum absolute atomic E-state index is 12.6. The summed E-state index contributed by atoms with van der Waals surface area (Å²) in [4.78, 5) is 26.5. The number of anilines is 2. The highest BCUT2D eigenvalue weighted by molar-refractivity contribution is 9.10. The minimum atomic E-state index is -0.412. The van der Waals surface area contributed by atoms with E-state index in [1.165, 1.54) is 0 Å². The second-order valence-corrected chi connectivity index (χ2v) is 7.65. The molecule has 2 amide bonds. The van der Waals surface area contributed by atoms with E-state index in [-0.39, 0.29) is 18.2 Å². The SMILES string of the molecule is Cc1cc(Br)c(Cl)cc1NC(=O)[C@@H]1CC(=O)N(c2ccc(Cl)cc2)C1. The lowest BCUT2D eigenvalue weighted by molar-refractivity contribution is -0.122. The first-order chi connectivity index (χ1) is 11.8. The van der Waals surface area contributed by atoms with Crippen LogP contribution in [0.3, 0.4) is 0 Å². The number of nitrogens with one attached hydrogen (secondary N) is 1. The van der Waals surface area contributed by atoms with Gasteiger partial charge in [0.25, 0.3) is 0 Å². The molecule has 1 aliphatic rings. The fourth-order valence-corrected chi connectivity index (χ4v) is 3.52. The molecule has 130 valence electrons. The third kappa shape index (κ3) is 4.00. The molecule has 1 aliphatic heterocycles. The molecule has 2 aromatic rings. The summed E-state index contributed by atoms with van der Waals surface area (Å²) >= 11 is 15.3. The van der Waals surface area contributed by atoms with Gasteiger partial charge in [0.1, 0.15) is 0 Å². The Kier molecular flexibility index (Phi) is 5.37. The third-order valence-corrected chi connectivity index (χ3v) is 5.61. The Morgan fingerprint density at radius 3 is 2.60 bits per heavy atom. The highest BCUT2D eigenvalue weighted by Gasteiger charge is 2.35. The molecule has 0 saturated carbocycles. The lowest BCUT2D eigenvalue weighted by Gasteiger charge is -2.17. The molecular weight excluding hydrogens is 427 g/mol. The number of halogens is 3. The molecule has 0 aliphatic carbocycles. The Balaban J connectivity index is 1.73. The molecular formula is C18H15BrCl2N2O2. The zero-order chi connectivity index (χ0) is 18.1. The van der Waals surface area contributed by atoms with Gasteiger partial charge >= 0.3 is 0 Å². The van der Waals surface area contributed by atoms with Crippen molar-refractivity contribution in [3.63, 3.8) is 0 Å². The van der Waals surface area contributed by atoms with Crippen molar-refractivity contribution in [2.45, 2.75) is 13.3 Å². The zero-order valence-electron chi connectivity index (χ0n) is 13.4. The maximum Gasteiger partial charge on any atom is 0.229 e. The van der Waals surface area contributed by atoms with Crippen molar-refractivity contribution in [2.75, 3.05) is 16.8 Å². The predicted molar refractivity (Wildman–Crippen MR) is 104 cm³/mol. The van der Waals surface area contributed by atoms with E-state index in [9.17, 15) is 9.59 Å². The van der Waals surface area contributed by atoms with Gasteiger partial charge < -0.3 is 10.2 Å². The summed E-state index contributed by atoms with van der Waals surface area (Å²) in [5.41, 5.74) is 2.28. The van der Waals surface area contributed by atoms with Gasteiger partial charge in [-0.3, -0.25) is 9.59 Å². The van der Waals surface area contributed by atoms with Crippen LogP contribution in [-0.2, 0) is 9.59 Å². The van der Waals surface area contributed by atoms with Crippen molar-refractivity contribution in [1.29, 1.82) is 0 Å². The Morgan fingerprint density at radius 1 is 1.24 bits per heavy atom. The third-order valence-electron chi connectivity index (χ3n) is 4.16. The summed E-state index contributed by atoms with van der Waals surface area (Å²) in [5, 5.41) is 4.00. The number of hydrogen-bond acceptors (Lipinski definition) is 2. The Bertz CT molecular complexity index is 840. The first-order valence-corrected chi connectivity index (χ1v) is 9.22. The number of amides is 2. The van der Waals surface area contributed by atoms with Gasteiger partial charge in [0.05, 0.1) is 10.9 Å². The number of nitrogens with zero attached hydrogens (tertiary/aromatic N) is 1. The lowest BCUT2D eigenvalue weighted by atomic mass is 10.1. The molecule has 1 N–H and O–H groups in total. The van der Waals surface area contributed by atoms with E-state index in [2.05, 4.69) is 21.2 Å². The van der Waals surface area contributed by atoms with Crippen LogP contribution in [0, 0.1) is 12.8 Å². The normalized spacial score (nSPS) is 17.0. The van der Waals surface area contributed by atoms with Crippen molar-refractivity contribution < 1.29 is 9.59 Å². The van der Waals surface area contributed by atoms with Gasteiger partial charge in [-0.25, -0.2) is 0 Å². The molecule has 0 radical (unpaired) electrons. The van der Waals surface area contributed by atoms with Gasteiger partial charge in [-0.15, -0.1) is 0 Å². The molecule has 2 aromatic carbocycles. The van der Waals surface area contributed by atoms with Crippen LogP contribution in [0.2, 0.25) is 10.0 Å². The van der Waals surface area contributed by atoms with Gasteiger partial charge in [-0.2, -0.15) is 0 Å². The largest absolute Gasteiger partial charge is 0.325 e. The molecule has 0 unspecified atom stereocenters. The summed E-state index contributed by atoms with van der Waals surface area (Å²) in [7, 11) is 0. The summed E-state index contributed by atoms with van der Waals surface area (Å²) in [6, 6.07) is 10.6. The summed E-state index contributed by atoms with van der Waals surface area (Å²) in [5.74, 6) is -0.677. The minimum absolute atomic E-state index is 0.0759. The standard InChI is InChI=1S/C18H15BrCl2N2O2/c1-10-6-14(19)15(21)8-16(10)22-18(25)11-7-17(24)23(9-11)13-4-2-12(20)3-5-13/h2-6,8,11H,7,9H2,1H3,(H,22,25)/t11-/m1/s1. The zero-order valence-corrected chi connectivity index (χ0v) is 16.5. The second-order valence-electron chi connectivity index (χ2n) is 5.95. The smallest absolute Gasteiger partial charge is 0.229 e. The van der Waals surface area contributed by atoms with Gasteiger partial charge in [0.2, 0.25) is 11.8 Å². The van der Waals surface area contributed by atoms with E-state index in [4.69, 9.17) is 23.2 Å². The molecule has 1 heterocycles. The van der Waals surface area contributed by atoms with Crippen molar-refractivity contribution in [3.8, 4) is 0 Å². The monoisotopic (exact) mass is 440 g/mol. The van der Waals surface area contributed by atoms with Crippen LogP contribution in [-0.4, -0.2) is 18.4 Å². The quantitative estimate of drug-likeness (QED) is 0.723. The molecule has 0 spiro atoms. The Morgan fingerprint density at radius 2 is 1.92 bits per heavy atom. The average molecular weight is 442 g/mol. The fraction of sp³-hybridized carbons (Fsp3) is 0.222. The molecule has 25 heavy (non-hydrogen) atoms. The minimum Gasteiger partial charge on any atom is -0.325 e. The summed E-state index contributed by atoms with van der Waals surface area (Å²) < 4.78 is 0.773. The van der Waals surface area contributed by atoms with E-state index < -0.39 is 5.92 Å². The Labute approximate surface area is 164 Å². The fourth-order valence-electron chi connectivity index (χ4n) is 2.77. The van der Waals surface area contributed by atoms with Crippen LogP contribution >= 0.6 is 39.1 Å². The number of hydrogen-bond donors (Lipinski definition) is 1. The highest BCUT2D eigenvalue weighted by Crippen LogP contribution is 2.31. The molecule has 1 atom stereocenters. The van der Waals surface area contributed by atoms with Crippen LogP contribution in [0.4, 0.5) is 11.4 Å². The van der Waals surface area contributed by atoms with E-state index >= 15 is 0 Å². The first kappa shape index (κ1) is 18.2. The van der Waals surface area contributed by atoms with Crippen LogP contribution in [0.15, 0.2) is 40.9 Å². The van der Waals surface area contributed by atoms with Crippen molar-refractivity contribution >= 4 is 62.3 Å². The molecule has 3 rings (SSSR count).